The molecule has 1 spiro atoms. The molecule has 1 aromatic carbocycles. The summed E-state index contributed by atoms with van der Waals surface area (Å²) in [5.41, 5.74) is 1.95. The second-order valence-corrected chi connectivity index (χ2v) is 13.0. The average Bonchev–Trinajstić information content (AvgIpc) is 3.66. The standard InChI is InChI=1S/C30H34ClF3N10O3/c1-19(13-43-18-37-40-41-43)47-26-8-20(2-3-24(26)31)21-11-35-28(36-12-21)38-25-14-44(39-27(25)46-17-30(32,33)34)23-9-29(10-23)15-42(16-29)22-4-6-45-7-5-22/h2-3,8,11-12,14,18-19,22-23H,4-7,9-10,13,15-17H2,1H3,(H,35,36,38)/t19-/m0/s1. The van der Waals surface area contributed by atoms with Crippen LogP contribution in [-0.2, 0) is 11.3 Å². The van der Waals surface area contributed by atoms with Crippen molar-refractivity contribution < 1.29 is 27.4 Å². The number of likely N-dealkylation sites (tertiary alicyclic amines) is 1. The number of benzene rings is 1. The Morgan fingerprint density at radius 1 is 1.11 bits per heavy atom. The second-order valence-electron chi connectivity index (χ2n) is 12.6. The number of tetrazole rings is 1. The number of hydrogen-bond acceptors (Lipinski definition) is 11. The lowest BCUT2D eigenvalue weighted by molar-refractivity contribution is -0.154. The number of hydrogen-bond donors (Lipinski definition) is 1. The molecular weight excluding hydrogens is 641 g/mol. The maximum Gasteiger partial charge on any atom is 0.422 e. The number of alkyl halides is 3. The van der Waals surface area contributed by atoms with Crippen LogP contribution in [-0.4, -0.2) is 96.1 Å². The van der Waals surface area contributed by atoms with E-state index in [1.807, 2.05) is 13.0 Å². The highest BCUT2D eigenvalue weighted by molar-refractivity contribution is 6.32. The SMILES string of the molecule is C[C@@H](Cn1cnnn1)Oc1cc(-c2cnc(Nc3cn(C4CC5(C4)CN(C4CCOCC4)C5)nc3OCC(F)(F)F)nc2)ccc1Cl. The van der Waals surface area contributed by atoms with Crippen molar-refractivity contribution in [2.24, 2.45) is 5.41 Å². The van der Waals surface area contributed by atoms with Gasteiger partial charge in [0.2, 0.25) is 5.95 Å². The molecule has 7 rings (SSSR count). The first-order chi connectivity index (χ1) is 22.6. The maximum atomic E-state index is 13.1. The molecule has 2 aliphatic heterocycles. The summed E-state index contributed by atoms with van der Waals surface area (Å²) < 4.78 is 59.1. The van der Waals surface area contributed by atoms with E-state index in [2.05, 4.69) is 40.8 Å². The van der Waals surface area contributed by atoms with Crippen LogP contribution in [0.25, 0.3) is 11.1 Å². The monoisotopic (exact) mass is 674 g/mol. The molecule has 1 N–H and O–H groups in total. The molecule has 250 valence electrons. The zero-order valence-electron chi connectivity index (χ0n) is 25.6. The van der Waals surface area contributed by atoms with Crippen LogP contribution in [0, 0.1) is 5.41 Å². The van der Waals surface area contributed by atoms with Crippen molar-refractivity contribution in [3.8, 4) is 22.8 Å². The van der Waals surface area contributed by atoms with Gasteiger partial charge in [0.05, 0.1) is 23.8 Å². The van der Waals surface area contributed by atoms with Crippen LogP contribution >= 0.6 is 11.6 Å². The van der Waals surface area contributed by atoms with Gasteiger partial charge in [-0.3, -0.25) is 9.58 Å². The first-order valence-electron chi connectivity index (χ1n) is 15.5. The summed E-state index contributed by atoms with van der Waals surface area (Å²) >= 11 is 6.39. The van der Waals surface area contributed by atoms with Crippen molar-refractivity contribution in [3.05, 3.63) is 48.1 Å². The summed E-state index contributed by atoms with van der Waals surface area (Å²) in [5.74, 6) is 0.507. The molecule has 5 heterocycles. The Hall–Kier alpha value is -4.02. The van der Waals surface area contributed by atoms with Crippen molar-refractivity contribution in [1.82, 2.24) is 44.9 Å². The lowest BCUT2D eigenvalue weighted by atomic mass is 9.60. The van der Waals surface area contributed by atoms with E-state index < -0.39 is 12.8 Å². The first kappa shape index (κ1) is 31.6. The predicted octanol–water partition coefficient (Wildman–Crippen LogP) is 4.95. The predicted molar refractivity (Wildman–Crippen MR) is 164 cm³/mol. The topological polar surface area (TPSA) is 130 Å². The van der Waals surface area contributed by atoms with Crippen LogP contribution in [0.15, 0.2) is 43.1 Å². The van der Waals surface area contributed by atoms with Gasteiger partial charge in [-0.15, -0.1) is 10.2 Å². The molecule has 2 saturated heterocycles. The minimum absolute atomic E-state index is 0.0795. The van der Waals surface area contributed by atoms with E-state index in [4.69, 9.17) is 25.8 Å². The largest absolute Gasteiger partial charge is 0.487 e. The Balaban J connectivity index is 1.01. The van der Waals surface area contributed by atoms with Crippen molar-refractivity contribution in [1.29, 1.82) is 0 Å². The van der Waals surface area contributed by atoms with Crippen molar-refractivity contribution >= 4 is 23.2 Å². The summed E-state index contributed by atoms with van der Waals surface area (Å²) in [6.07, 6.45) is 5.57. The zero-order chi connectivity index (χ0) is 32.6. The number of rotatable bonds is 11. The van der Waals surface area contributed by atoms with E-state index in [0.29, 0.717) is 28.9 Å². The van der Waals surface area contributed by atoms with E-state index in [0.717, 1.165) is 57.6 Å². The molecule has 47 heavy (non-hydrogen) atoms. The summed E-state index contributed by atoms with van der Waals surface area (Å²) in [6, 6.07) is 5.98. The Labute approximate surface area is 273 Å². The van der Waals surface area contributed by atoms with Crippen molar-refractivity contribution in [3.63, 3.8) is 0 Å². The summed E-state index contributed by atoms with van der Waals surface area (Å²) in [6.45, 7) is 4.56. The molecule has 13 nitrogen and oxygen atoms in total. The van der Waals surface area contributed by atoms with Gasteiger partial charge in [0.25, 0.3) is 5.88 Å². The molecular formula is C30H34ClF3N10O3. The lowest BCUT2D eigenvalue weighted by Gasteiger charge is -2.61. The number of anilines is 2. The van der Waals surface area contributed by atoms with E-state index in [9.17, 15) is 13.2 Å². The molecule has 17 heteroatoms. The van der Waals surface area contributed by atoms with Gasteiger partial charge in [-0.1, -0.05) is 17.7 Å². The van der Waals surface area contributed by atoms with E-state index in [1.54, 1.807) is 40.1 Å². The fourth-order valence-corrected chi connectivity index (χ4v) is 6.79. The van der Waals surface area contributed by atoms with Gasteiger partial charge in [-0.2, -0.15) is 13.2 Å². The molecule has 3 fully saturated rings. The van der Waals surface area contributed by atoms with Gasteiger partial charge in [-0.05, 0) is 66.1 Å². The average molecular weight is 675 g/mol. The number of nitrogens with zero attached hydrogens (tertiary/aromatic N) is 9. The van der Waals surface area contributed by atoms with E-state index in [1.165, 1.54) is 6.33 Å². The summed E-state index contributed by atoms with van der Waals surface area (Å²) in [4.78, 5) is 11.3. The number of nitrogens with one attached hydrogen (secondary N) is 1. The van der Waals surface area contributed by atoms with Crippen molar-refractivity contribution in [2.45, 2.75) is 63.5 Å². The second kappa shape index (κ2) is 12.9. The molecule has 3 aliphatic rings. The third-order valence-electron chi connectivity index (χ3n) is 8.89. The van der Waals surface area contributed by atoms with Crippen LogP contribution in [0.2, 0.25) is 5.02 Å². The highest BCUT2D eigenvalue weighted by Crippen LogP contribution is 2.55. The summed E-state index contributed by atoms with van der Waals surface area (Å²) in [7, 11) is 0. The normalized spacial score (nSPS) is 19.3. The zero-order valence-corrected chi connectivity index (χ0v) is 26.4. The molecule has 0 unspecified atom stereocenters. The Kier molecular flexibility index (Phi) is 8.65. The smallest absolute Gasteiger partial charge is 0.422 e. The highest BCUT2D eigenvalue weighted by atomic mass is 35.5. The lowest BCUT2D eigenvalue weighted by Crippen LogP contribution is -2.65. The molecule has 3 aromatic heterocycles. The number of aromatic nitrogens is 8. The molecule has 0 bridgehead atoms. The molecule has 1 atom stereocenters. The number of halogens is 4. The molecule has 4 aromatic rings. The van der Waals surface area contributed by atoms with Gasteiger partial charge >= 0.3 is 6.18 Å². The van der Waals surface area contributed by atoms with Crippen molar-refractivity contribution in [2.75, 3.05) is 38.2 Å². The Morgan fingerprint density at radius 3 is 2.57 bits per heavy atom. The van der Waals surface area contributed by atoms with Gasteiger partial charge in [0.15, 0.2) is 6.61 Å². The minimum Gasteiger partial charge on any atom is -0.487 e. The van der Waals surface area contributed by atoms with Crippen LogP contribution in [0.3, 0.4) is 0 Å². The quantitative estimate of drug-likeness (QED) is 0.232. The summed E-state index contributed by atoms with van der Waals surface area (Å²) in [5, 5.41) is 18.9. The van der Waals surface area contributed by atoms with Crippen LogP contribution in [0.1, 0.15) is 38.6 Å². The van der Waals surface area contributed by atoms with Gasteiger partial charge in [0.1, 0.15) is 23.9 Å². The molecule has 0 amide bonds. The molecule has 1 aliphatic carbocycles. The Bertz CT molecular complexity index is 1650. The third kappa shape index (κ3) is 7.28. The Morgan fingerprint density at radius 2 is 1.87 bits per heavy atom. The molecule has 0 radical (unpaired) electrons. The van der Waals surface area contributed by atoms with Gasteiger partial charge in [-0.25, -0.2) is 14.6 Å². The van der Waals surface area contributed by atoms with Gasteiger partial charge in [0, 0.05) is 50.3 Å². The fraction of sp³-hybridized carbons (Fsp3) is 0.533. The highest BCUT2D eigenvalue weighted by Gasteiger charge is 2.54. The van der Waals surface area contributed by atoms with Crippen LogP contribution in [0.4, 0.5) is 24.8 Å². The first-order valence-corrected chi connectivity index (χ1v) is 15.9. The maximum absolute atomic E-state index is 13.1. The van der Waals surface area contributed by atoms with Crippen LogP contribution < -0.4 is 14.8 Å². The van der Waals surface area contributed by atoms with Gasteiger partial charge < -0.3 is 19.5 Å². The van der Waals surface area contributed by atoms with E-state index >= 15 is 0 Å². The number of ether oxygens (including phenoxy) is 3. The third-order valence-corrected chi connectivity index (χ3v) is 9.21. The molecule has 1 saturated carbocycles. The minimum atomic E-state index is -4.51. The van der Waals surface area contributed by atoms with Crippen LogP contribution in [0.5, 0.6) is 11.6 Å². The van der Waals surface area contributed by atoms with E-state index in [-0.39, 0.29) is 35.1 Å². The fourth-order valence-electron chi connectivity index (χ4n) is 6.63.